The number of pyridine rings is 1. The maximum absolute atomic E-state index is 5.53. The standard InChI is InChI=1S/C24H18N4O2S/c1-4-15-16(5-1)21-19(15)20-23(26-10-13-6-7-17-18(9-13)30-12-29-17)27-22(28-24(20)31-21)14-3-2-8-25-11-14/h2-4,6-9,11,16H,1,5,10,12H2,(H,26,27,28). The minimum Gasteiger partial charge on any atom is -0.454 e. The number of ether oxygens (including phenoxy) is 2. The van der Waals surface area contributed by atoms with Crippen molar-refractivity contribution in [2.45, 2.75) is 25.3 Å². The number of anilines is 1. The third-order valence-electron chi connectivity index (χ3n) is 6.20. The number of rotatable bonds is 4. The summed E-state index contributed by atoms with van der Waals surface area (Å²) < 4.78 is 11.0. The number of allylic oxidation sites excluding steroid dienone is 2. The first-order valence-electron chi connectivity index (χ1n) is 10.4. The van der Waals surface area contributed by atoms with Crippen molar-refractivity contribution in [2.75, 3.05) is 12.1 Å². The monoisotopic (exact) mass is 426 g/mol. The minimum atomic E-state index is 0.282. The Morgan fingerprint density at radius 1 is 1.13 bits per heavy atom. The molecule has 0 fully saturated rings. The Balaban J connectivity index is 1.32. The van der Waals surface area contributed by atoms with Crippen LogP contribution in [0.2, 0.25) is 0 Å². The van der Waals surface area contributed by atoms with Crippen LogP contribution >= 0.6 is 11.3 Å². The van der Waals surface area contributed by atoms with Crippen LogP contribution < -0.4 is 14.8 Å². The van der Waals surface area contributed by atoms with E-state index < -0.39 is 0 Å². The van der Waals surface area contributed by atoms with Crippen molar-refractivity contribution in [3.05, 3.63) is 64.8 Å². The Hall–Kier alpha value is -3.45. The van der Waals surface area contributed by atoms with Gasteiger partial charge in [-0.1, -0.05) is 12.1 Å². The number of hydrogen-bond donors (Lipinski definition) is 1. The third-order valence-corrected chi connectivity index (χ3v) is 7.39. The summed E-state index contributed by atoms with van der Waals surface area (Å²) in [7, 11) is 0. The molecule has 4 aromatic rings. The summed E-state index contributed by atoms with van der Waals surface area (Å²) in [5.41, 5.74) is 4.87. The average molecular weight is 427 g/mol. The molecule has 7 rings (SSSR count). The van der Waals surface area contributed by atoms with Crippen LogP contribution in [0, 0.1) is 0 Å². The zero-order chi connectivity index (χ0) is 20.4. The highest BCUT2D eigenvalue weighted by molar-refractivity contribution is 7.19. The quantitative estimate of drug-likeness (QED) is 0.473. The maximum Gasteiger partial charge on any atom is 0.231 e. The molecule has 0 saturated heterocycles. The van der Waals surface area contributed by atoms with Gasteiger partial charge in [-0.2, -0.15) is 0 Å². The van der Waals surface area contributed by atoms with Crippen LogP contribution in [0.15, 0.2) is 48.8 Å². The second-order valence-corrected chi connectivity index (χ2v) is 9.02. The molecule has 152 valence electrons. The van der Waals surface area contributed by atoms with E-state index in [1.165, 1.54) is 22.4 Å². The molecular formula is C24H18N4O2S. The predicted molar refractivity (Wildman–Crippen MR) is 120 cm³/mol. The maximum atomic E-state index is 5.53. The van der Waals surface area contributed by atoms with E-state index in [9.17, 15) is 0 Å². The van der Waals surface area contributed by atoms with Gasteiger partial charge in [0.05, 0.1) is 5.39 Å². The number of aromatic nitrogens is 3. The molecule has 1 unspecified atom stereocenters. The van der Waals surface area contributed by atoms with Crippen molar-refractivity contribution in [2.24, 2.45) is 0 Å². The normalized spacial score (nSPS) is 17.8. The molecule has 6 nitrogen and oxygen atoms in total. The van der Waals surface area contributed by atoms with Gasteiger partial charge in [0, 0.05) is 40.9 Å². The van der Waals surface area contributed by atoms with Crippen LogP contribution in [0.5, 0.6) is 11.5 Å². The number of hydrogen-bond acceptors (Lipinski definition) is 7. The first-order valence-corrected chi connectivity index (χ1v) is 11.2. The van der Waals surface area contributed by atoms with Crippen molar-refractivity contribution < 1.29 is 9.47 Å². The number of nitrogens with zero attached hydrogens (tertiary/aromatic N) is 3. The van der Waals surface area contributed by atoms with E-state index in [0.717, 1.165) is 45.1 Å². The molecule has 3 aliphatic rings. The highest BCUT2D eigenvalue weighted by Crippen LogP contribution is 2.59. The van der Waals surface area contributed by atoms with Gasteiger partial charge in [-0.05, 0) is 48.2 Å². The van der Waals surface area contributed by atoms with E-state index in [1.807, 2.05) is 41.8 Å². The van der Waals surface area contributed by atoms with Gasteiger partial charge in [0.15, 0.2) is 17.3 Å². The Morgan fingerprint density at radius 3 is 3.03 bits per heavy atom. The Kier molecular flexibility index (Phi) is 3.63. The molecule has 1 aromatic carbocycles. The van der Waals surface area contributed by atoms with Crippen LogP contribution in [0.4, 0.5) is 5.82 Å². The topological polar surface area (TPSA) is 69.2 Å². The number of fused-ring (bicyclic) bond motifs is 7. The molecule has 3 aromatic heterocycles. The number of thiophene rings is 1. The van der Waals surface area contributed by atoms with Crippen molar-refractivity contribution in [3.8, 4) is 22.9 Å². The van der Waals surface area contributed by atoms with Gasteiger partial charge in [0.2, 0.25) is 6.79 Å². The molecule has 2 aliphatic carbocycles. The van der Waals surface area contributed by atoms with Crippen LogP contribution in [0.3, 0.4) is 0 Å². The van der Waals surface area contributed by atoms with Gasteiger partial charge in [-0.15, -0.1) is 11.3 Å². The van der Waals surface area contributed by atoms with Crippen molar-refractivity contribution >= 4 is 32.9 Å². The number of benzene rings is 1. The third kappa shape index (κ3) is 2.59. The molecular weight excluding hydrogens is 408 g/mol. The lowest BCUT2D eigenvalue weighted by atomic mass is 9.80. The Labute approximate surface area is 182 Å². The molecule has 0 radical (unpaired) electrons. The predicted octanol–water partition coefficient (Wildman–Crippen LogP) is 5.37. The van der Waals surface area contributed by atoms with Crippen molar-refractivity contribution in [1.82, 2.24) is 15.0 Å². The van der Waals surface area contributed by atoms with Gasteiger partial charge >= 0.3 is 0 Å². The lowest BCUT2D eigenvalue weighted by molar-refractivity contribution is 0.174. The molecule has 7 heteroatoms. The molecule has 0 bridgehead atoms. The largest absolute Gasteiger partial charge is 0.454 e. The highest BCUT2D eigenvalue weighted by atomic mass is 32.1. The first kappa shape index (κ1) is 17.3. The lowest BCUT2D eigenvalue weighted by Crippen LogP contribution is -2.10. The zero-order valence-corrected chi connectivity index (χ0v) is 17.4. The Morgan fingerprint density at radius 2 is 2.10 bits per heavy atom. The van der Waals surface area contributed by atoms with E-state index >= 15 is 0 Å². The van der Waals surface area contributed by atoms with Crippen molar-refractivity contribution in [3.63, 3.8) is 0 Å². The summed E-state index contributed by atoms with van der Waals surface area (Å²) >= 11 is 1.81. The van der Waals surface area contributed by atoms with Crippen LogP contribution in [-0.4, -0.2) is 21.7 Å². The summed E-state index contributed by atoms with van der Waals surface area (Å²) in [5, 5.41) is 4.74. The smallest absolute Gasteiger partial charge is 0.231 e. The number of nitrogens with one attached hydrogen (secondary N) is 1. The summed E-state index contributed by atoms with van der Waals surface area (Å²) in [6, 6.07) is 9.96. The SMILES string of the molecule is C1=C2c3c(sc4nc(-c5cccnc5)nc(NCc5ccc6c(c5)OCO6)c34)C2CC1. The van der Waals surface area contributed by atoms with E-state index in [0.29, 0.717) is 18.3 Å². The van der Waals surface area contributed by atoms with Gasteiger partial charge < -0.3 is 14.8 Å². The summed E-state index contributed by atoms with van der Waals surface area (Å²) in [6.45, 7) is 0.923. The van der Waals surface area contributed by atoms with E-state index in [1.54, 1.807) is 6.20 Å². The van der Waals surface area contributed by atoms with Crippen LogP contribution in [0.1, 0.15) is 34.8 Å². The summed E-state index contributed by atoms with van der Waals surface area (Å²) in [4.78, 5) is 16.6. The van der Waals surface area contributed by atoms with E-state index in [-0.39, 0.29) is 6.79 Å². The molecule has 0 saturated carbocycles. The molecule has 31 heavy (non-hydrogen) atoms. The molecule has 0 spiro atoms. The average Bonchev–Trinajstić information content (AvgIpc) is 3.51. The van der Waals surface area contributed by atoms with Crippen LogP contribution in [0.25, 0.3) is 27.2 Å². The fourth-order valence-corrected chi connectivity index (χ4v) is 6.06. The molecule has 0 amide bonds. The highest BCUT2D eigenvalue weighted by Gasteiger charge is 2.39. The molecule has 1 aliphatic heterocycles. The van der Waals surface area contributed by atoms with E-state index in [2.05, 4.69) is 22.4 Å². The van der Waals surface area contributed by atoms with Crippen molar-refractivity contribution in [1.29, 1.82) is 0 Å². The molecule has 1 N–H and O–H groups in total. The van der Waals surface area contributed by atoms with Crippen LogP contribution in [-0.2, 0) is 6.54 Å². The van der Waals surface area contributed by atoms with Gasteiger partial charge in [-0.25, -0.2) is 9.97 Å². The van der Waals surface area contributed by atoms with Gasteiger partial charge in [0.1, 0.15) is 10.6 Å². The van der Waals surface area contributed by atoms with E-state index in [4.69, 9.17) is 19.4 Å². The summed E-state index contributed by atoms with van der Waals surface area (Å²) in [6.07, 6.45) is 8.35. The minimum absolute atomic E-state index is 0.282. The summed E-state index contributed by atoms with van der Waals surface area (Å²) in [5.74, 6) is 3.77. The molecule has 1 atom stereocenters. The van der Waals surface area contributed by atoms with Gasteiger partial charge in [0.25, 0.3) is 0 Å². The fraction of sp³-hybridized carbons (Fsp3) is 0.208. The van der Waals surface area contributed by atoms with Gasteiger partial charge in [-0.3, -0.25) is 4.98 Å². The second-order valence-electron chi connectivity index (χ2n) is 7.99. The zero-order valence-electron chi connectivity index (χ0n) is 16.6. The fourth-order valence-electron chi connectivity index (χ4n) is 4.71. The molecule has 4 heterocycles. The lowest BCUT2D eigenvalue weighted by Gasteiger charge is -2.26. The Bertz CT molecular complexity index is 1380. The first-order chi connectivity index (χ1) is 15.3. The second kappa shape index (κ2) is 6.52.